The molecule has 80 valence electrons. The summed E-state index contributed by atoms with van der Waals surface area (Å²) in [6, 6.07) is 8.53. The van der Waals surface area contributed by atoms with Gasteiger partial charge < -0.3 is 9.67 Å². The molecule has 0 saturated heterocycles. The zero-order chi connectivity index (χ0) is 11.0. The van der Waals surface area contributed by atoms with Gasteiger partial charge in [0, 0.05) is 27.1 Å². The van der Waals surface area contributed by atoms with Crippen LogP contribution in [0.15, 0.2) is 28.7 Å². The van der Waals surface area contributed by atoms with Crippen molar-refractivity contribution >= 4 is 26.8 Å². The summed E-state index contributed by atoms with van der Waals surface area (Å²) in [5.74, 6) is 0. The summed E-state index contributed by atoms with van der Waals surface area (Å²) in [5.41, 5.74) is 2.13. The second-order valence-electron chi connectivity index (χ2n) is 3.93. The number of hydrogen-bond acceptors (Lipinski definition) is 1. The number of rotatable bonds is 2. The SMILES string of the molecule is CC(C)n1c(CO)cc2c(Br)cccc21. The average Bonchev–Trinajstić information content (AvgIpc) is 2.57. The fraction of sp³-hybridized carbons (Fsp3) is 0.333. The molecule has 0 saturated carbocycles. The molecule has 2 nitrogen and oxygen atoms in total. The molecule has 0 bridgehead atoms. The molecule has 1 heterocycles. The minimum Gasteiger partial charge on any atom is -0.390 e. The van der Waals surface area contributed by atoms with Gasteiger partial charge in [0.15, 0.2) is 0 Å². The summed E-state index contributed by atoms with van der Waals surface area (Å²) in [6.07, 6.45) is 0. The molecule has 0 amide bonds. The van der Waals surface area contributed by atoms with E-state index in [0.29, 0.717) is 6.04 Å². The van der Waals surface area contributed by atoms with Crippen LogP contribution in [-0.4, -0.2) is 9.67 Å². The quantitative estimate of drug-likeness (QED) is 0.886. The standard InChI is InChI=1S/C12H14BrNO/c1-8(2)14-9(7-15)6-10-11(13)4-3-5-12(10)14/h3-6,8,15H,7H2,1-2H3. The molecular weight excluding hydrogens is 254 g/mol. The highest BCUT2D eigenvalue weighted by Gasteiger charge is 2.11. The molecule has 2 rings (SSSR count). The Morgan fingerprint density at radius 2 is 2.13 bits per heavy atom. The first-order valence-corrected chi connectivity index (χ1v) is 5.83. The number of halogens is 1. The van der Waals surface area contributed by atoms with Crippen LogP contribution in [0.1, 0.15) is 25.6 Å². The van der Waals surface area contributed by atoms with Gasteiger partial charge in [-0.2, -0.15) is 0 Å². The maximum Gasteiger partial charge on any atom is 0.0833 e. The van der Waals surface area contributed by atoms with E-state index in [4.69, 9.17) is 0 Å². The number of aliphatic hydroxyl groups is 1. The van der Waals surface area contributed by atoms with Crippen LogP contribution in [0, 0.1) is 0 Å². The summed E-state index contributed by atoms with van der Waals surface area (Å²) in [6.45, 7) is 4.33. The maximum atomic E-state index is 9.32. The van der Waals surface area contributed by atoms with E-state index < -0.39 is 0 Å². The normalized spacial score (nSPS) is 11.5. The highest BCUT2D eigenvalue weighted by Crippen LogP contribution is 2.29. The Morgan fingerprint density at radius 3 is 2.73 bits per heavy atom. The van der Waals surface area contributed by atoms with Crippen molar-refractivity contribution in [3.8, 4) is 0 Å². The van der Waals surface area contributed by atoms with Gasteiger partial charge in [0.1, 0.15) is 0 Å². The van der Waals surface area contributed by atoms with Crippen LogP contribution < -0.4 is 0 Å². The molecule has 0 aliphatic rings. The van der Waals surface area contributed by atoms with Crippen molar-refractivity contribution in [2.24, 2.45) is 0 Å². The van der Waals surface area contributed by atoms with Gasteiger partial charge in [0.2, 0.25) is 0 Å². The van der Waals surface area contributed by atoms with Crippen LogP contribution >= 0.6 is 15.9 Å². The highest BCUT2D eigenvalue weighted by molar-refractivity contribution is 9.10. The Balaban J connectivity index is 2.80. The molecule has 0 aliphatic heterocycles. The van der Waals surface area contributed by atoms with E-state index in [0.717, 1.165) is 15.6 Å². The zero-order valence-corrected chi connectivity index (χ0v) is 10.5. The Kier molecular flexibility index (Phi) is 2.85. The first-order valence-electron chi connectivity index (χ1n) is 5.04. The number of benzene rings is 1. The van der Waals surface area contributed by atoms with Gasteiger partial charge in [-0.15, -0.1) is 0 Å². The van der Waals surface area contributed by atoms with Gasteiger partial charge in [0.05, 0.1) is 6.61 Å². The van der Waals surface area contributed by atoms with Crippen molar-refractivity contribution in [3.63, 3.8) is 0 Å². The molecule has 1 N–H and O–H groups in total. The van der Waals surface area contributed by atoms with E-state index in [-0.39, 0.29) is 6.61 Å². The Hall–Kier alpha value is -0.800. The van der Waals surface area contributed by atoms with E-state index in [2.05, 4.69) is 40.4 Å². The van der Waals surface area contributed by atoms with Crippen LogP contribution in [0.4, 0.5) is 0 Å². The first kappa shape index (κ1) is 10.7. The van der Waals surface area contributed by atoms with Gasteiger partial charge in [-0.1, -0.05) is 22.0 Å². The van der Waals surface area contributed by atoms with E-state index in [9.17, 15) is 5.11 Å². The van der Waals surface area contributed by atoms with E-state index >= 15 is 0 Å². The lowest BCUT2D eigenvalue weighted by Crippen LogP contribution is -2.04. The van der Waals surface area contributed by atoms with E-state index in [1.165, 1.54) is 5.52 Å². The molecule has 0 fully saturated rings. The average molecular weight is 268 g/mol. The fourth-order valence-electron chi connectivity index (χ4n) is 2.00. The minimum absolute atomic E-state index is 0.0826. The second-order valence-corrected chi connectivity index (χ2v) is 4.78. The molecule has 15 heavy (non-hydrogen) atoms. The van der Waals surface area contributed by atoms with Gasteiger partial charge in [0.25, 0.3) is 0 Å². The summed E-state index contributed by atoms with van der Waals surface area (Å²) in [7, 11) is 0. The third kappa shape index (κ3) is 1.70. The van der Waals surface area contributed by atoms with Gasteiger partial charge in [-0.05, 0) is 32.0 Å². The summed E-state index contributed by atoms with van der Waals surface area (Å²) >= 11 is 3.53. The summed E-state index contributed by atoms with van der Waals surface area (Å²) in [4.78, 5) is 0. The lowest BCUT2D eigenvalue weighted by Gasteiger charge is -2.13. The third-order valence-corrected chi connectivity index (χ3v) is 3.28. The van der Waals surface area contributed by atoms with Crippen molar-refractivity contribution < 1.29 is 5.11 Å². The largest absolute Gasteiger partial charge is 0.390 e. The number of hydrogen-bond donors (Lipinski definition) is 1. The molecule has 0 radical (unpaired) electrons. The van der Waals surface area contributed by atoms with Crippen molar-refractivity contribution in [2.75, 3.05) is 0 Å². The molecule has 3 heteroatoms. The topological polar surface area (TPSA) is 25.2 Å². The molecule has 1 aromatic carbocycles. The van der Waals surface area contributed by atoms with E-state index in [1.807, 2.05) is 18.2 Å². The van der Waals surface area contributed by atoms with Gasteiger partial charge >= 0.3 is 0 Å². The molecule has 0 aliphatic carbocycles. The lowest BCUT2D eigenvalue weighted by atomic mass is 10.2. The molecule has 0 spiro atoms. The van der Waals surface area contributed by atoms with Crippen LogP contribution in [0.5, 0.6) is 0 Å². The molecule has 1 aromatic heterocycles. The molecule has 0 unspecified atom stereocenters. The Morgan fingerprint density at radius 1 is 1.40 bits per heavy atom. The second kappa shape index (κ2) is 3.99. The third-order valence-electron chi connectivity index (χ3n) is 2.59. The molecule has 0 atom stereocenters. The van der Waals surface area contributed by atoms with Crippen LogP contribution in [-0.2, 0) is 6.61 Å². The number of nitrogens with zero attached hydrogens (tertiary/aromatic N) is 1. The van der Waals surface area contributed by atoms with Crippen LogP contribution in [0.3, 0.4) is 0 Å². The van der Waals surface area contributed by atoms with Crippen molar-refractivity contribution in [3.05, 3.63) is 34.4 Å². The zero-order valence-electron chi connectivity index (χ0n) is 8.87. The predicted octanol–water partition coefficient (Wildman–Crippen LogP) is 3.48. The molecular formula is C12H14BrNO. The Bertz CT molecular complexity index is 488. The fourth-order valence-corrected chi connectivity index (χ4v) is 2.47. The summed E-state index contributed by atoms with van der Waals surface area (Å²) in [5, 5.41) is 10.5. The van der Waals surface area contributed by atoms with E-state index in [1.54, 1.807) is 0 Å². The first-order chi connectivity index (χ1) is 7.15. The van der Waals surface area contributed by atoms with Gasteiger partial charge in [-0.3, -0.25) is 0 Å². The van der Waals surface area contributed by atoms with Crippen LogP contribution in [0.25, 0.3) is 10.9 Å². The van der Waals surface area contributed by atoms with Crippen molar-refractivity contribution in [1.82, 2.24) is 4.57 Å². The maximum absolute atomic E-state index is 9.32. The van der Waals surface area contributed by atoms with Crippen molar-refractivity contribution in [2.45, 2.75) is 26.5 Å². The predicted molar refractivity (Wildman–Crippen MR) is 65.9 cm³/mol. The highest BCUT2D eigenvalue weighted by atomic mass is 79.9. The monoisotopic (exact) mass is 267 g/mol. The smallest absolute Gasteiger partial charge is 0.0833 e. The Labute approximate surface area is 97.7 Å². The lowest BCUT2D eigenvalue weighted by molar-refractivity contribution is 0.269. The minimum atomic E-state index is 0.0826. The molecule has 2 aromatic rings. The number of aromatic nitrogens is 1. The number of fused-ring (bicyclic) bond motifs is 1. The number of aliphatic hydroxyl groups excluding tert-OH is 1. The summed E-state index contributed by atoms with van der Waals surface area (Å²) < 4.78 is 3.24. The van der Waals surface area contributed by atoms with Crippen molar-refractivity contribution in [1.29, 1.82) is 0 Å². The van der Waals surface area contributed by atoms with Crippen LogP contribution in [0.2, 0.25) is 0 Å². The van der Waals surface area contributed by atoms with Gasteiger partial charge in [-0.25, -0.2) is 0 Å².